The summed E-state index contributed by atoms with van der Waals surface area (Å²) < 4.78 is 17.2. The molecular weight excluding hydrogens is 375 g/mol. The summed E-state index contributed by atoms with van der Waals surface area (Å²) >= 11 is 0. The van der Waals surface area contributed by atoms with Crippen LogP contribution in [0.2, 0.25) is 0 Å². The van der Waals surface area contributed by atoms with Crippen molar-refractivity contribution in [1.82, 2.24) is 0 Å². The molecule has 1 aliphatic heterocycles. The number of rotatable bonds is 5. The van der Waals surface area contributed by atoms with Crippen molar-refractivity contribution in [3.8, 4) is 0 Å². The van der Waals surface area contributed by atoms with Gasteiger partial charge in [-0.05, 0) is 50.9 Å². The number of non-ortho nitro benzene ring substituents is 1. The molecule has 29 heavy (non-hydrogen) atoms. The molecular formula is C20H23BN2O6. The maximum atomic E-state index is 11.9. The van der Waals surface area contributed by atoms with E-state index in [1.54, 1.807) is 0 Å². The minimum absolute atomic E-state index is 0.0500. The molecule has 152 valence electrons. The van der Waals surface area contributed by atoms with Crippen LogP contribution in [0.25, 0.3) is 0 Å². The number of nitro groups is 1. The fourth-order valence-electron chi connectivity index (χ4n) is 2.72. The van der Waals surface area contributed by atoms with Gasteiger partial charge in [0.05, 0.1) is 16.1 Å². The first kappa shape index (κ1) is 20.8. The number of anilines is 1. The quantitative estimate of drug-likeness (QED) is 0.469. The normalized spacial score (nSPS) is 17.0. The van der Waals surface area contributed by atoms with Crippen molar-refractivity contribution in [2.45, 2.75) is 45.5 Å². The van der Waals surface area contributed by atoms with Crippen LogP contribution in [-0.4, -0.2) is 29.3 Å². The predicted molar refractivity (Wildman–Crippen MR) is 109 cm³/mol. The maximum Gasteiger partial charge on any atom is 0.494 e. The zero-order valence-corrected chi connectivity index (χ0v) is 16.8. The van der Waals surface area contributed by atoms with Crippen LogP contribution >= 0.6 is 0 Å². The molecule has 0 unspecified atom stereocenters. The number of carbonyl (C=O) groups excluding carboxylic acids is 1. The van der Waals surface area contributed by atoms with Gasteiger partial charge in [-0.3, -0.25) is 15.4 Å². The molecule has 3 rings (SSSR count). The first-order chi connectivity index (χ1) is 13.6. The van der Waals surface area contributed by atoms with Crippen LogP contribution in [0.4, 0.5) is 16.2 Å². The second-order valence-electron chi connectivity index (χ2n) is 7.83. The molecule has 1 amide bonds. The molecule has 8 nitrogen and oxygen atoms in total. The van der Waals surface area contributed by atoms with Gasteiger partial charge in [-0.2, -0.15) is 0 Å². The minimum Gasteiger partial charge on any atom is -0.444 e. The summed E-state index contributed by atoms with van der Waals surface area (Å²) in [4.78, 5) is 22.1. The van der Waals surface area contributed by atoms with Gasteiger partial charge < -0.3 is 14.0 Å². The Morgan fingerprint density at radius 1 is 1.03 bits per heavy atom. The molecule has 0 atom stereocenters. The second kappa shape index (κ2) is 7.84. The Morgan fingerprint density at radius 3 is 2.10 bits per heavy atom. The molecule has 0 bridgehead atoms. The predicted octanol–water partition coefficient (Wildman–Crippen LogP) is 3.64. The molecule has 9 heteroatoms. The zero-order valence-electron chi connectivity index (χ0n) is 16.8. The third kappa shape index (κ3) is 4.75. The zero-order chi connectivity index (χ0) is 21.2. The Morgan fingerprint density at radius 2 is 1.59 bits per heavy atom. The van der Waals surface area contributed by atoms with Crippen LogP contribution in [-0.2, 0) is 20.7 Å². The fraction of sp³-hybridized carbons (Fsp3) is 0.350. The monoisotopic (exact) mass is 398 g/mol. The highest BCUT2D eigenvalue weighted by Crippen LogP contribution is 2.36. The minimum atomic E-state index is -0.645. The molecule has 1 fully saturated rings. The molecule has 1 aliphatic rings. The average molecular weight is 398 g/mol. The van der Waals surface area contributed by atoms with E-state index in [4.69, 9.17) is 14.0 Å². The molecule has 0 spiro atoms. The molecule has 1 saturated heterocycles. The Hall–Kier alpha value is -2.91. The van der Waals surface area contributed by atoms with Crippen molar-refractivity contribution in [3.63, 3.8) is 0 Å². The lowest BCUT2D eigenvalue weighted by Crippen LogP contribution is -2.41. The van der Waals surface area contributed by atoms with Gasteiger partial charge in [-0.15, -0.1) is 0 Å². The molecule has 1 heterocycles. The summed E-state index contributed by atoms with van der Waals surface area (Å²) in [5.41, 5.74) is 1.25. The van der Waals surface area contributed by atoms with Crippen molar-refractivity contribution in [1.29, 1.82) is 0 Å². The van der Waals surface area contributed by atoms with E-state index in [-0.39, 0.29) is 12.3 Å². The smallest absolute Gasteiger partial charge is 0.444 e. The van der Waals surface area contributed by atoms with E-state index in [0.717, 1.165) is 11.0 Å². The van der Waals surface area contributed by atoms with Gasteiger partial charge in [0.25, 0.3) is 5.69 Å². The number of nitrogens with one attached hydrogen (secondary N) is 1. The number of benzene rings is 2. The summed E-state index contributed by atoms with van der Waals surface area (Å²) in [6.07, 6.45) is -0.645. The highest BCUT2D eigenvalue weighted by Gasteiger charge is 2.51. The van der Waals surface area contributed by atoms with Crippen molar-refractivity contribution in [2.75, 3.05) is 5.32 Å². The first-order valence-electron chi connectivity index (χ1n) is 9.20. The van der Waals surface area contributed by atoms with E-state index in [2.05, 4.69) is 5.32 Å². The molecule has 0 aliphatic carbocycles. The topological polar surface area (TPSA) is 99.9 Å². The third-order valence-corrected chi connectivity index (χ3v) is 5.20. The van der Waals surface area contributed by atoms with Crippen molar-refractivity contribution >= 4 is 30.0 Å². The molecule has 2 aromatic carbocycles. The number of ether oxygens (including phenoxy) is 1. The van der Waals surface area contributed by atoms with Crippen molar-refractivity contribution in [3.05, 3.63) is 64.2 Å². The van der Waals surface area contributed by atoms with Crippen LogP contribution in [0.1, 0.15) is 33.3 Å². The highest BCUT2D eigenvalue weighted by atomic mass is 16.7. The number of nitro benzene ring substituents is 1. The number of carbonyl (C=O) groups is 1. The Bertz CT molecular complexity index is 880. The van der Waals surface area contributed by atoms with Crippen molar-refractivity contribution < 1.29 is 23.8 Å². The van der Waals surface area contributed by atoms with E-state index in [1.165, 1.54) is 24.3 Å². The van der Waals surface area contributed by atoms with Gasteiger partial charge in [-0.1, -0.05) is 24.3 Å². The Balaban J connectivity index is 1.52. The van der Waals surface area contributed by atoms with Crippen molar-refractivity contribution in [2.24, 2.45) is 0 Å². The largest absolute Gasteiger partial charge is 0.494 e. The summed E-state index contributed by atoms with van der Waals surface area (Å²) in [6.45, 7) is 8.08. The van der Waals surface area contributed by atoms with Crippen LogP contribution < -0.4 is 10.8 Å². The third-order valence-electron chi connectivity index (χ3n) is 5.20. The Labute approximate surface area is 169 Å². The lowest BCUT2D eigenvalue weighted by molar-refractivity contribution is -0.384. The lowest BCUT2D eigenvalue weighted by atomic mass is 9.79. The molecule has 1 N–H and O–H groups in total. The fourth-order valence-corrected chi connectivity index (χ4v) is 2.72. The lowest BCUT2D eigenvalue weighted by Gasteiger charge is -2.32. The van der Waals surface area contributed by atoms with Crippen LogP contribution in [0.5, 0.6) is 0 Å². The van der Waals surface area contributed by atoms with E-state index in [1.807, 2.05) is 52.0 Å². The van der Waals surface area contributed by atoms with E-state index < -0.39 is 29.3 Å². The van der Waals surface area contributed by atoms with Gasteiger partial charge >= 0.3 is 13.2 Å². The molecule has 2 aromatic rings. The van der Waals surface area contributed by atoms with Gasteiger partial charge in [-0.25, -0.2) is 4.79 Å². The molecule has 0 saturated carbocycles. The van der Waals surface area contributed by atoms with E-state index in [9.17, 15) is 14.9 Å². The average Bonchev–Trinajstić information content (AvgIpc) is 2.88. The highest BCUT2D eigenvalue weighted by molar-refractivity contribution is 6.62. The number of nitrogens with zero attached hydrogens (tertiary/aromatic N) is 1. The van der Waals surface area contributed by atoms with Gasteiger partial charge in [0.15, 0.2) is 0 Å². The van der Waals surface area contributed by atoms with Gasteiger partial charge in [0, 0.05) is 17.8 Å². The SMILES string of the molecule is CC1(C)OB(c2ccc(COC(=O)Nc3ccc([N+](=O)[O-])cc3)cc2)OC1(C)C. The van der Waals surface area contributed by atoms with E-state index in [0.29, 0.717) is 5.69 Å². The second-order valence-corrected chi connectivity index (χ2v) is 7.83. The standard InChI is InChI=1S/C20H23BN2O6/c1-19(2)20(3,4)29-21(28-19)15-7-5-14(6-8-15)13-27-18(24)22-16-9-11-17(12-10-16)23(25)26/h5-12H,13H2,1-4H3,(H,22,24). The summed E-state index contributed by atoms with van der Waals surface area (Å²) in [6, 6.07) is 13.0. The van der Waals surface area contributed by atoms with E-state index >= 15 is 0 Å². The summed E-state index contributed by atoms with van der Waals surface area (Å²) in [7, 11) is -0.444. The first-order valence-corrected chi connectivity index (χ1v) is 9.20. The number of hydrogen-bond donors (Lipinski definition) is 1. The van der Waals surface area contributed by atoms with Crippen LogP contribution in [0, 0.1) is 10.1 Å². The van der Waals surface area contributed by atoms with Gasteiger partial charge in [0.2, 0.25) is 0 Å². The molecule has 0 radical (unpaired) electrons. The number of amides is 1. The van der Waals surface area contributed by atoms with Crippen LogP contribution in [0.3, 0.4) is 0 Å². The maximum absolute atomic E-state index is 11.9. The van der Waals surface area contributed by atoms with Crippen LogP contribution in [0.15, 0.2) is 48.5 Å². The molecule has 0 aromatic heterocycles. The number of hydrogen-bond acceptors (Lipinski definition) is 6. The Kier molecular flexibility index (Phi) is 5.63. The summed E-state index contributed by atoms with van der Waals surface area (Å²) in [5.74, 6) is 0. The van der Waals surface area contributed by atoms with Gasteiger partial charge in [0.1, 0.15) is 6.61 Å². The summed E-state index contributed by atoms with van der Waals surface area (Å²) in [5, 5.41) is 13.2.